The highest BCUT2D eigenvalue weighted by Gasteiger charge is 2.54. The van der Waals surface area contributed by atoms with Crippen LogP contribution in [0.25, 0.3) is 11.1 Å². The van der Waals surface area contributed by atoms with E-state index in [2.05, 4.69) is 6.92 Å². The van der Waals surface area contributed by atoms with Crippen LogP contribution in [0.3, 0.4) is 0 Å². The first-order chi connectivity index (χ1) is 12.4. The van der Waals surface area contributed by atoms with Crippen molar-refractivity contribution < 1.29 is 14.4 Å². The van der Waals surface area contributed by atoms with E-state index in [9.17, 15) is 19.6 Å². The van der Waals surface area contributed by atoms with Crippen molar-refractivity contribution in [2.24, 2.45) is 17.3 Å². The van der Waals surface area contributed by atoms with Gasteiger partial charge in [0.1, 0.15) is 11.3 Å². The van der Waals surface area contributed by atoms with Crippen LogP contribution in [-0.2, 0) is 11.2 Å². The molecule has 0 spiro atoms. The normalized spacial score (nSPS) is 33.0. The number of carbonyl (C=O) groups excluding carboxylic acids is 1. The van der Waals surface area contributed by atoms with E-state index in [1.807, 2.05) is 6.07 Å². The predicted octanol–water partition coefficient (Wildman–Crippen LogP) is 2.62. The third-order valence-corrected chi connectivity index (χ3v) is 7.31. The zero-order chi connectivity index (χ0) is 18.2. The number of Topliss-reactive ketones (excluding diaryl/α,β-unsaturated/α-hetero) is 1. The minimum Gasteiger partial charge on any atom is -0.424 e. The van der Waals surface area contributed by atoms with Gasteiger partial charge >= 0.3 is 11.2 Å². The SMILES string of the molecule is C[C@]12CC[C@@H]3c4cc5c(cc4CC[C@H]3[C@@H]1CCC2=O)oc(=O)c(=O)n5O. The molecule has 136 valence electrons. The van der Waals surface area contributed by atoms with Crippen LogP contribution < -0.4 is 11.2 Å². The highest BCUT2D eigenvalue weighted by Crippen LogP contribution is 2.59. The van der Waals surface area contributed by atoms with Crippen LogP contribution in [0.5, 0.6) is 0 Å². The Bertz CT molecular complexity index is 1060. The maximum absolute atomic E-state index is 12.4. The van der Waals surface area contributed by atoms with Crippen LogP contribution >= 0.6 is 0 Å². The molecule has 0 bridgehead atoms. The third kappa shape index (κ3) is 1.90. The molecule has 6 nitrogen and oxygen atoms in total. The van der Waals surface area contributed by atoms with Crippen LogP contribution in [0, 0.1) is 17.3 Å². The Labute approximate surface area is 149 Å². The molecule has 2 fully saturated rings. The molecule has 1 N–H and O–H groups in total. The maximum atomic E-state index is 12.4. The van der Waals surface area contributed by atoms with Crippen molar-refractivity contribution >= 4 is 16.9 Å². The second-order valence-electron chi connectivity index (χ2n) is 8.36. The fourth-order valence-corrected chi connectivity index (χ4v) is 5.94. The van der Waals surface area contributed by atoms with Crippen molar-refractivity contribution in [2.45, 2.75) is 51.4 Å². The van der Waals surface area contributed by atoms with Crippen LogP contribution in [0.1, 0.15) is 56.1 Å². The highest BCUT2D eigenvalue weighted by atomic mass is 16.5. The number of hydrogen-bond acceptors (Lipinski definition) is 5. The summed E-state index contributed by atoms with van der Waals surface area (Å²) in [5, 5.41) is 10.1. The summed E-state index contributed by atoms with van der Waals surface area (Å²) >= 11 is 0. The molecule has 1 aromatic carbocycles. The average molecular weight is 355 g/mol. The lowest BCUT2D eigenvalue weighted by Crippen LogP contribution is -2.42. The number of nitrogens with zero attached hydrogens (tertiary/aromatic N) is 1. The van der Waals surface area contributed by atoms with Crippen molar-refractivity contribution in [3.63, 3.8) is 0 Å². The Kier molecular flexibility index (Phi) is 3.10. The standard InChI is InChI=1S/C20H21NO5/c1-20-7-6-11-12(14(20)4-5-17(20)22)3-2-10-8-16-15(9-13(10)11)21(25)18(23)19(24)26-16/h8-9,11-12,14,25H,2-7H2,1H3/t11-,12+,14-,20-/m0/s1. The van der Waals surface area contributed by atoms with Gasteiger partial charge in [-0.3, -0.25) is 9.59 Å². The molecule has 4 atom stereocenters. The zero-order valence-corrected chi connectivity index (χ0v) is 14.7. The molecule has 0 unspecified atom stereocenters. The lowest BCUT2D eigenvalue weighted by molar-refractivity contribution is -0.129. The van der Waals surface area contributed by atoms with Gasteiger partial charge < -0.3 is 9.62 Å². The number of carbonyl (C=O) groups is 1. The second kappa shape index (κ2) is 5.09. The van der Waals surface area contributed by atoms with E-state index in [1.165, 1.54) is 0 Å². The number of hydrogen-bond donors (Lipinski definition) is 1. The number of rotatable bonds is 0. The smallest absolute Gasteiger partial charge is 0.405 e. The van der Waals surface area contributed by atoms with E-state index in [4.69, 9.17) is 4.42 Å². The monoisotopic (exact) mass is 355 g/mol. The van der Waals surface area contributed by atoms with Crippen molar-refractivity contribution in [3.8, 4) is 0 Å². The molecule has 2 saturated carbocycles. The van der Waals surface area contributed by atoms with E-state index in [0.29, 0.717) is 34.7 Å². The van der Waals surface area contributed by atoms with Crippen LogP contribution in [0.4, 0.5) is 0 Å². The van der Waals surface area contributed by atoms with Gasteiger partial charge in [-0.1, -0.05) is 6.92 Å². The molecule has 6 heteroatoms. The molecule has 2 aromatic rings. The van der Waals surface area contributed by atoms with Gasteiger partial charge in [0.25, 0.3) is 0 Å². The molecule has 5 rings (SSSR count). The molecule has 1 heterocycles. The minimum atomic E-state index is -1.07. The Morgan fingerprint density at radius 1 is 1.15 bits per heavy atom. The minimum absolute atomic E-state index is 0.179. The lowest BCUT2D eigenvalue weighted by atomic mass is 9.55. The van der Waals surface area contributed by atoms with Crippen molar-refractivity contribution in [2.75, 3.05) is 0 Å². The van der Waals surface area contributed by atoms with Crippen LogP contribution in [0.2, 0.25) is 0 Å². The Morgan fingerprint density at radius 2 is 1.96 bits per heavy atom. The first-order valence-corrected chi connectivity index (χ1v) is 9.35. The van der Waals surface area contributed by atoms with E-state index in [0.717, 1.165) is 43.2 Å². The highest BCUT2D eigenvalue weighted by molar-refractivity contribution is 5.87. The molecule has 3 aliphatic rings. The van der Waals surface area contributed by atoms with Gasteiger partial charge in [-0.25, -0.2) is 4.79 Å². The van der Waals surface area contributed by atoms with Gasteiger partial charge in [0.05, 0.1) is 0 Å². The number of aryl methyl sites for hydroxylation is 1. The van der Waals surface area contributed by atoms with Gasteiger partial charge in [0, 0.05) is 11.8 Å². The fourth-order valence-electron chi connectivity index (χ4n) is 5.94. The topological polar surface area (TPSA) is 89.5 Å². The number of aromatic nitrogens is 1. The molecular formula is C20H21NO5. The zero-order valence-electron chi connectivity index (χ0n) is 14.7. The quantitative estimate of drug-likeness (QED) is 0.579. The van der Waals surface area contributed by atoms with Gasteiger partial charge in [-0.05, 0) is 73.1 Å². The van der Waals surface area contributed by atoms with Gasteiger partial charge in [0.15, 0.2) is 5.58 Å². The Balaban J connectivity index is 1.66. The summed E-state index contributed by atoms with van der Waals surface area (Å²) < 4.78 is 5.48. The molecule has 26 heavy (non-hydrogen) atoms. The maximum Gasteiger partial charge on any atom is 0.405 e. The summed E-state index contributed by atoms with van der Waals surface area (Å²) in [5.74, 6) is 1.62. The van der Waals surface area contributed by atoms with E-state index >= 15 is 0 Å². The summed E-state index contributed by atoms with van der Waals surface area (Å²) in [5.41, 5.74) is 0.422. The summed E-state index contributed by atoms with van der Waals surface area (Å²) in [4.78, 5) is 35.7. The summed E-state index contributed by atoms with van der Waals surface area (Å²) in [7, 11) is 0. The average Bonchev–Trinajstić information content (AvgIpc) is 2.93. The van der Waals surface area contributed by atoms with E-state index in [-0.39, 0.29) is 16.5 Å². The Hall–Kier alpha value is -2.37. The van der Waals surface area contributed by atoms with E-state index in [1.54, 1.807) is 6.07 Å². The first kappa shape index (κ1) is 15.9. The van der Waals surface area contributed by atoms with E-state index < -0.39 is 11.2 Å². The summed E-state index contributed by atoms with van der Waals surface area (Å²) in [6, 6.07) is 3.60. The summed E-state index contributed by atoms with van der Waals surface area (Å²) in [6.45, 7) is 2.14. The van der Waals surface area contributed by atoms with Crippen molar-refractivity contribution in [1.29, 1.82) is 0 Å². The molecule has 0 amide bonds. The number of ketones is 1. The van der Waals surface area contributed by atoms with Crippen LogP contribution in [-0.4, -0.2) is 15.7 Å². The fraction of sp³-hybridized carbons (Fsp3) is 0.550. The largest absolute Gasteiger partial charge is 0.424 e. The summed E-state index contributed by atoms with van der Waals surface area (Å²) in [6.07, 6.45) is 5.38. The van der Waals surface area contributed by atoms with Crippen molar-refractivity contribution in [3.05, 3.63) is 44.0 Å². The molecule has 0 aliphatic heterocycles. The van der Waals surface area contributed by atoms with Crippen LogP contribution in [0.15, 0.2) is 26.1 Å². The lowest BCUT2D eigenvalue weighted by Gasteiger charge is -2.48. The third-order valence-electron chi connectivity index (χ3n) is 7.31. The van der Waals surface area contributed by atoms with Gasteiger partial charge in [0.2, 0.25) is 0 Å². The molecule has 1 aromatic heterocycles. The molecular weight excluding hydrogens is 334 g/mol. The van der Waals surface area contributed by atoms with Gasteiger partial charge in [-0.2, -0.15) is 0 Å². The number of fused-ring (bicyclic) bond motifs is 6. The predicted molar refractivity (Wildman–Crippen MR) is 93.6 cm³/mol. The molecule has 0 radical (unpaired) electrons. The second-order valence-corrected chi connectivity index (χ2v) is 8.36. The Morgan fingerprint density at radius 3 is 2.77 bits per heavy atom. The molecule has 0 saturated heterocycles. The number of benzene rings is 1. The van der Waals surface area contributed by atoms with Gasteiger partial charge in [-0.15, -0.1) is 4.73 Å². The van der Waals surface area contributed by atoms with Crippen molar-refractivity contribution in [1.82, 2.24) is 4.73 Å². The molecule has 3 aliphatic carbocycles. The first-order valence-electron chi connectivity index (χ1n) is 9.35.